The molecule has 246 valence electrons. The molecular weight excluding hydrogens is 639 g/mol. The van der Waals surface area contributed by atoms with Crippen LogP contribution in [0.1, 0.15) is 33.7 Å². The van der Waals surface area contributed by atoms with Gasteiger partial charge in [-0.25, -0.2) is 0 Å². The van der Waals surface area contributed by atoms with E-state index in [1.165, 1.54) is 11.8 Å². The number of carbonyl (C=O) groups excluding carboxylic acids is 3. The molecule has 0 bridgehead atoms. The molecule has 5 aromatic carbocycles. The van der Waals surface area contributed by atoms with Gasteiger partial charge in [0, 0.05) is 27.9 Å². The summed E-state index contributed by atoms with van der Waals surface area (Å²) in [6.07, 6.45) is 1.61. The number of hydrogen-bond donors (Lipinski definition) is 3. The highest BCUT2D eigenvalue weighted by molar-refractivity contribution is 8.00. The molecule has 0 fully saturated rings. The van der Waals surface area contributed by atoms with Crippen LogP contribution in [0.5, 0.6) is 17.2 Å². The van der Waals surface area contributed by atoms with Crippen LogP contribution in [-0.2, 0) is 9.59 Å². The number of ether oxygens (including phenoxy) is 3. The molecule has 1 heterocycles. The third-order valence-electron chi connectivity index (χ3n) is 7.38. The minimum Gasteiger partial charge on any atom is -0.494 e. The highest BCUT2D eigenvalue weighted by Gasteiger charge is 2.24. The topological polar surface area (TPSA) is 115 Å². The van der Waals surface area contributed by atoms with Crippen molar-refractivity contribution in [3.05, 3.63) is 150 Å². The van der Waals surface area contributed by atoms with E-state index < -0.39 is 17.1 Å². The van der Waals surface area contributed by atoms with Crippen molar-refractivity contribution < 1.29 is 28.6 Å². The smallest absolute Gasteiger partial charge is 0.272 e. The zero-order valence-electron chi connectivity index (χ0n) is 26.6. The van der Waals surface area contributed by atoms with Crippen LogP contribution in [0, 0.1) is 0 Å². The van der Waals surface area contributed by atoms with E-state index in [1.54, 1.807) is 72.8 Å². The van der Waals surface area contributed by atoms with Crippen LogP contribution < -0.4 is 30.2 Å². The van der Waals surface area contributed by atoms with Gasteiger partial charge in [0.05, 0.1) is 6.61 Å². The Hall–Kier alpha value is -6.00. The van der Waals surface area contributed by atoms with Crippen molar-refractivity contribution >= 4 is 46.9 Å². The standard InChI is InChI=1S/C39H33N3O6S/c1-2-46-31-18-13-26(14-19-31)23-33(42-37(43)28-11-7-4-8-12-28)38(44)40-29-15-20-32(21-16-29)49-36(27-9-5-3-6-10-27)39(45)41-30-17-22-34-35(24-30)48-25-47-34/h3-24,36H,2,25H2,1H3,(H,40,44)(H,41,45)(H,42,43)/b33-23-. The summed E-state index contributed by atoms with van der Waals surface area (Å²) in [5, 5.41) is 8.07. The van der Waals surface area contributed by atoms with Crippen molar-refractivity contribution in [3.8, 4) is 17.2 Å². The van der Waals surface area contributed by atoms with E-state index in [4.69, 9.17) is 14.2 Å². The molecular formula is C39H33N3O6S. The summed E-state index contributed by atoms with van der Waals surface area (Å²) in [7, 11) is 0. The maximum absolute atomic E-state index is 13.6. The monoisotopic (exact) mass is 671 g/mol. The Morgan fingerprint density at radius 1 is 0.776 bits per heavy atom. The van der Waals surface area contributed by atoms with Gasteiger partial charge in [0.1, 0.15) is 16.7 Å². The predicted octanol–water partition coefficient (Wildman–Crippen LogP) is 7.70. The van der Waals surface area contributed by atoms with Gasteiger partial charge in [-0.05, 0) is 84.8 Å². The van der Waals surface area contributed by atoms with Crippen molar-refractivity contribution in [3.63, 3.8) is 0 Å². The lowest BCUT2D eigenvalue weighted by Crippen LogP contribution is -2.30. The molecule has 5 aromatic rings. The SMILES string of the molecule is CCOc1ccc(/C=C(\NC(=O)c2ccccc2)C(=O)Nc2ccc(SC(C(=O)Nc3ccc4c(c3)OCO4)c3ccccc3)cc2)cc1. The first-order valence-electron chi connectivity index (χ1n) is 15.6. The molecule has 0 saturated carbocycles. The predicted molar refractivity (Wildman–Crippen MR) is 191 cm³/mol. The molecule has 1 unspecified atom stereocenters. The van der Waals surface area contributed by atoms with E-state index in [1.807, 2.05) is 67.6 Å². The molecule has 3 amide bonds. The summed E-state index contributed by atoms with van der Waals surface area (Å²) in [6.45, 7) is 2.59. The van der Waals surface area contributed by atoms with Crippen LogP contribution in [0.15, 0.2) is 138 Å². The third-order valence-corrected chi connectivity index (χ3v) is 8.64. The number of benzene rings is 5. The lowest BCUT2D eigenvalue weighted by Gasteiger charge is -2.18. The fourth-order valence-corrected chi connectivity index (χ4v) is 5.99. The molecule has 0 spiro atoms. The van der Waals surface area contributed by atoms with Crippen LogP contribution in [0.25, 0.3) is 6.08 Å². The fraction of sp³-hybridized carbons (Fsp3) is 0.103. The van der Waals surface area contributed by atoms with Gasteiger partial charge >= 0.3 is 0 Å². The fourth-order valence-electron chi connectivity index (χ4n) is 4.97. The Kier molecular flexibility index (Phi) is 10.6. The molecule has 0 aliphatic carbocycles. The van der Waals surface area contributed by atoms with Crippen LogP contribution in [0.2, 0.25) is 0 Å². The average molecular weight is 672 g/mol. The molecule has 1 aliphatic heterocycles. The van der Waals surface area contributed by atoms with E-state index >= 15 is 0 Å². The Balaban J connectivity index is 1.17. The van der Waals surface area contributed by atoms with Crippen molar-refractivity contribution in [2.75, 3.05) is 24.0 Å². The number of fused-ring (bicyclic) bond motifs is 1. The Bertz CT molecular complexity index is 1950. The first kappa shape index (κ1) is 32.9. The van der Waals surface area contributed by atoms with Crippen LogP contribution >= 0.6 is 11.8 Å². The molecule has 3 N–H and O–H groups in total. The molecule has 49 heavy (non-hydrogen) atoms. The first-order valence-corrected chi connectivity index (χ1v) is 16.5. The summed E-state index contributed by atoms with van der Waals surface area (Å²) in [4.78, 5) is 41.0. The molecule has 0 aromatic heterocycles. The molecule has 6 rings (SSSR count). The highest BCUT2D eigenvalue weighted by Crippen LogP contribution is 2.38. The number of carbonyl (C=O) groups is 3. The normalized spacial score (nSPS) is 12.5. The van der Waals surface area contributed by atoms with Gasteiger partial charge in [-0.2, -0.15) is 0 Å². The number of nitrogens with one attached hydrogen (secondary N) is 3. The summed E-state index contributed by atoms with van der Waals surface area (Å²) < 4.78 is 16.4. The maximum Gasteiger partial charge on any atom is 0.272 e. The van der Waals surface area contributed by atoms with Gasteiger partial charge in [-0.1, -0.05) is 60.7 Å². The van der Waals surface area contributed by atoms with Crippen molar-refractivity contribution in [1.82, 2.24) is 5.32 Å². The van der Waals surface area contributed by atoms with Crippen LogP contribution in [0.3, 0.4) is 0 Å². The van der Waals surface area contributed by atoms with Crippen molar-refractivity contribution in [1.29, 1.82) is 0 Å². The number of thioether (sulfide) groups is 1. The second kappa shape index (κ2) is 15.7. The van der Waals surface area contributed by atoms with Crippen molar-refractivity contribution in [2.24, 2.45) is 0 Å². The third kappa shape index (κ3) is 8.68. The lowest BCUT2D eigenvalue weighted by molar-refractivity contribution is -0.116. The maximum atomic E-state index is 13.6. The molecule has 1 atom stereocenters. The van der Waals surface area contributed by atoms with Crippen LogP contribution in [-0.4, -0.2) is 31.1 Å². The van der Waals surface area contributed by atoms with Gasteiger partial charge in [0.25, 0.3) is 11.8 Å². The summed E-state index contributed by atoms with van der Waals surface area (Å²) in [6, 6.07) is 37.9. The lowest BCUT2D eigenvalue weighted by atomic mass is 10.1. The number of hydrogen-bond acceptors (Lipinski definition) is 7. The van der Waals surface area contributed by atoms with E-state index in [2.05, 4.69) is 16.0 Å². The number of rotatable bonds is 12. The van der Waals surface area contributed by atoms with Gasteiger partial charge < -0.3 is 30.2 Å². The van der Waals surface area contributed by atoms with E-state index in [-0.39, 0.29) is 18.4 Å². The number of amides is 3. The van der Waals surface area contributed by atoms with E-state index in [0.717, 1.165) is 10.5 Å². The number of anilines is 2. The largest absolute Gasteiger partial charge is 0.494 e. The Morgan fingerprint density at radius 3 is 2.16 bits per heavy atom. The summed E-state index contributed by atoms with van der Waals surface area (Å²) >= 11 is 1.38. The van der Waals surface area contributed by atoms with Gasteiger partial charge in [-0.15, -0.1) is 11.8 Å². The minimum absolute atomic E-state index is 0.0702. The van der Waals surface area contributed by atoms with E-state index in [9.17, 15) is 14.4 Å². The van der Waals surface area contributed by atoms with Gasteiger partial charge in [-0.3, -0.25) is 14.4 Å². The molecule has 0 radical (unpaired) electrons. The van der Waals surface area contributed by atoms with Gasteiger partial charge in [0.2, 0.25) is 12.7 Å². The first-order chi connectivity index (χ1) is 23.9. The zero-order chi connectivity index (χ0) is 34.0. The summed E-state index contributed by atoms with van der Waals surface area (Å²) in [5.41, 5.74) is 3.15. The minimum atomic E-state index is -0.566. The molecule has 10 heteroatoms. The summed E-state index contributed by atoms with van der Waals surface area (Å²) in [5.74, 6) is 0.810. The van der Waals surface area contributed by atoms with Crippen molar-refractivity contribution in [2.45, 2.75) is 17.1 Å². The molecule has 9 nitrogen and oxygen atoms in total. The zero-order valence-corrected chi connectivity index (χ0v) is 27.4. The Labute approximate surface area is 288 Å². The quantitative estimate of drug-likeness (QED) is 0.0920. The second-order valence-electron chi connectivity index (χ2n) is 10.8. The average Bonchev–Trinajstić information content (AvgIpc) is 3.61. The molecule has 1 aliphatic rings. The molecule has 0 saturated heterocycles. The second-order valence-corrected chi connectivity index (χ2v) is 12.0. The van der Waals surface area contributed by atoms with E-state index in [0.29, 0.717) is 46.4 Å². The van der Waals surface area contributed by atoms with Gasteiger partial charge in [0.15, 0.2) is 11.5 Å². The highest BCUT2D eigenvalue weighted by atomic mass is 32.2. The Morgan fingerprint density at radius 2 is 1.45 bits per heavy atom. The van der Waals surface area contributed by atoms with Crippen LogP contribution in [0.4, 0.5) is 11.4 Å².